The first-order chi connectivity index (χ1) is 14.1. The van der Waals surface area contributed by atoms with Crippen LogP contribution in [0.25, 0.3) is 0 Å². The second-order valence-corrected chi connectivity index (χ2v) is 6.35. The van der Waals surface area contributed by atoms with E-state index in [-0.39, 0.29) is 11.1 Å². The number of carbonyl (C=O) groups excluding carboxylic acids is 3. The lowest BCUT2D eigenvalue weighted by Gasteiger charge is -2.12. The smallest absolute Gasteiger partial charge is 0.317 e. The number of rotatable bonds is 7. The molecule has 3 aromatic carbocycles. The third kappa shape index (κ3) is 4.90. The molecular formula is C24H19NO4. The number of hydrogen-bond acceptors (Lipinski definition) is 5. The molecule has 0 aromatic heterocycles. The molecule has 5 nitrogen and oxygen atoms in total. The van der Waals surface area contributed by atoms with Gasteiger partial charge in [0.25, 0.3) is 0 Å². The minimum atomic E-state index is -1.63. The largest absolute Gasteiger partial charge is 0.353 e. The Labute approximate surface area is 168 Å². The number of ketones is 2. The molecule has 0 aliphatic heterocycles. The zero-order valence-electron chi connectivity index (χ0n) is 15.8. The lowest BCUT2D eigenvalue weighted by atomic mass is 9.90. The third-order valence-corrected chi connectivity index (χ3v) is 4.34. The fourth-order valence-corrected chi connectivity index (χ4v) is 2.77. The summed E-state index contributed by atoms with van der Waals surface area (Å²) in [7, 11) is 0. The minimum Gasteiger partial charge on any atom is -0.317 e. The van der Waals surface area contributed by atoms with E-state index in [4.69, 9.17) is 4.84 Å². The summed E-state index contributed by atoms with van der Waals surface area (Å²) in [6.07, 6.45) is 0. The van der Waals surface area contributed by atoms with E-state index in [0.29, 0.717) is 5.71 Å². The summed E-state index contributed by atoms with van der Waals surface area (Å²) in [6.45, 7) is 1.68. The van der Waals surface area contributed by atoms with E-state index < -0.39 is 23.5 Å². The van der Waals surface area contributed by atoms with Gasteiger partial charge in [0.1, 0.15) is 0 Å². The van der Waals surface area contributed by atoms with Gasteiger partial charge in [-0.15, -0.1) is 0 Å². The topological polar surface area (TPSA) is 72.8 Å². The van der Waals surface area contributed by atoms with E-state index in [1.165, 1.54) is 0 Å². The number of carbonyl (C=O) groups is 3. The molecule has 3 aromatic rings. The summed E-state index contributed by atoms with van der Waals surface area (Å²) in [5, 5.41) is 3.83. The van der Waals surface area contributed by atoms with E-state index in [0.717, 1.165) is 5.56 Å². The first-order valence-electron chi connectivity index (χ1n) is 9.07. The van der Waals surface area contributed by atoms with Crippen molar-refractivity contribution in [3.05, 3.63) is 108 Å². The summed E-state index contributed by atoms with van der Waals surface area (Å²) in [5.74, 6) is -3.90. The van der Waals surface area contributed by atoms with E-state index >= 15 is 0 Å². The lowest BCUT2D eigenvalue weighted by molar-refractivity contribution is -0.145. The van der Waals surface area contributed by atoms with Crippen LogP contribution in [0.1, 0.15) is 33.2 Å². The highest BCUT2D eigenvalue weighted by Gasteiger charge is 2.37. The fraction of sp³-hybridized carbons (Fsp3) is 0.0833. The van der Waals surface area contributed by atoms with Crippen LogP contribution in [0.4, 0.5) is 0 Å². The van der Waals surface area contributed by atoms with Crippen molar-refractivity contribution >= 4 is 23.2 Å². The van der Waals surface area contributed by atoms with Crippen LogP contribution in [-0.4, -0.2) is 23.2 Å². The fourth-order valence-electron chi connectivity index (χ4n) is 2.77. The Bertz CT molecular complexity index is 977. The molecule has 0 unspecified atom stereocenters. The van der Waals surface area contributed by atoms with Crippen molar-refractivity contribution in [3.63, 3.8) is 0 Å². The summed E-state index contributed by atoms with van der Waals surface area (Å²) >= 11 is 0. The highest BCUT2D eigenvalue weighted by molar-refractivity contribution is 6.26. The van der Waals surface area contributed by atoms with E-state index in [2.05, 4.69) is 5.16 Å². The van der Waals surface area contributed by atoms with E-state index in [1.54, 1.807) is 67.6 Å². The molecule has 0 aliphatic rings. The molecule has 29 heavy (non-hydrogen) atoms. The van der Waals surface area contributed by atoms with Crippen molar-refractivity contribution in [3.8, 4) is 0 Å². The highest BCUT2D eigenvalue weighted by atomic mass is 16.7. The van der Waals surface area contributed by atoms with Gasteiger partial charge in [0, 0.05) is 11.1 Å². The van der Waals surface area contributed by atoms with Crippen molar-refractivity contribution in [1.82, 2.24) is 0 Å². The minimum absolute atomic E-state index is 0.252. The molecule has 0 amide bonds. The number of oxime groups is 1. The Balaban J connectivity index is 1.89. The average molecular weight is 385 g/mol. The van der Waals surface area contributed by atoms with Crippen molar-refractivity contribution in [1.29, 1.82) is 0 Å². The maximum Gasteiger partial charge on any atom is 0.353 e. The Morgan fingerprint density at radius 1 is 0.655 bits per heavy atom. The standard InChI is InChI=1S/C24H19NO4/c1-17(18-11-5-2-6-12-18)25-29-24(28)21(22(26)19-13-7-3-8-14-19)23(27)20-15-9-4-10-16-20/h2-16,21H,1H3/b25-17-. The molecule has 0 fully saturated rings. The molecule has 0 heterocycles. The average Bonchev–Trinajstić information content (AvgIpc) is 2.79. The van der Waals surface area contributed by atoms with Crippen LogP contribution in [0.5, 0.6) is 0 Å². The molecule has 0 saturated heterocycles. The highest BCUT2D eigenvalue weighted by Crippen LogP contribution is 2.17. The maximum atomic E-state index is 12.9. The van der Waals surface area contributed by atoms with E-state index in [1.807, 2.05) is 30.3 Å². The molecule has 0 aliphatic carbocycles. The van der Waals surface area contributed by atoms with Gasteiger partial charge in [-0.25, -0.2) is 4.79 Å². The first-order valence-corrected chi connectivity index (χ1v) is 9.07. The van der Waals surface area contributed by atoms with Crippen LogP contribution in [0.3, 0.4) is 0 Å². The molecule has 0 bridgehead atoms. The number of hydrogen-bond donors (Lipinski definition) is 0. The zero-order chi connectivity index (χ0) is 20.6. The Hall–Kier alpha value is -3.86. The molecule has 0 saturated carbocycles. The Morgan fingerprint density at radius 3 is 1.45 bits per heavy atom. The quantitative estimate of drug-likeness (QED) is 0.199. The second-order valence-electron chi connectivity index (χ2n) is 6.35. The number of Topliss-reactive ketones (excluding diaryl/α,β-unsaturated/α-hetero) is 2. The third-order valence-electron chi connectivity index (χ3n) is 4.34. The molecule has 5 heteroatoms. The first kappa shape index (κ1) is 19.9. The monoisotopic (exact) mass is 385 g/mol. The Kier molecular flexibility index (Phi) is 6.43. The van der Waals surface area contributed by atoms with Crippen LogP contribution >= 0.6 is 0 Å². The van der Waals surface area contributed by atoms with Gasteiger partial charge in [-0.3, -0.25) is 9.59 Å². The molecular weight excluding hydrogens is 366 g/mol. The van der Waals surface area contributed by atoms with Gasteiger partial charge in [-0.1, -0.05) is 96.2 Å². The van der Waals surface area contributed by atoms with Gasteiger partial charge in [-0.05, 0) is 12.5 Å². The van der Waals surface area contributed by atoms with Crippen molar-refractivity contribution in [2.24, 2.45) is 11.1 Å². The van der Waals surface area contributed by atoms with Gasteiger partial charge in [0.05, 0.1) is 5.71 Å². The summed E-state index contributed by atoms with van der Waals surface area (Å²) in [6, 6.07) is 25.5. The predicted octanol–water partition coefficient (Wildman–Crippen LogP) is 4.34. The molecule has 144 valence electrons. The van der Waals surface area contributed by atoms with Crippen LogP contribution < -0.4 is 0 Å². The van der Waals surface area contributed by atoms with Crippen LogP contribution in [0, 0.1) is 5.92 Å². The van der Waals surface area contributed by atoms with Gasteiger partial charge in [0.2, 0.25) is 0 Å². The predicted molar refractivity (Wildman–Crippen MR) is 110 cm³/mol. The van der Waals surface area contributed by atoms with Crippen LogP contribution in [0.2, 0.25) is 0 Å². The molecule has 0 N–H and O–H groups in total. The molecule has 0 spiro atoms. The van der Waals surface area contributed by atoms with Crippen molar-refractivity contribution in [2.45, 2.75) is 6.92 Å². The summed E-state index contributed by atoms with van der Waals surface area (Å²) < 4.78 is 0. The summed E-state index contributed by atoms with van der Waals surface area (Å²) in [5.41, 5.74) is 1.72. The molecule has 0 radical (unpaired) electrons. The lowest BCUT2D eigenvalue weighted by Crippen LogP contribution is -2.33. The van der Waals surface area contributed by atoms with Crippen LogP contribution in [-0.2, 0) is 9.63 Å². The van der Waals surface area contributed by atoms with Crippen molar-refractivity contribution in [2.75, 3.05) is 0 Å². The SMILES string of the molecule is C/C(=N/OC(=O)C(C(=O)c1ccccc1)C(=O)c1ccccc1)c1ccccc1. The van der Waals surface area contributed by atoms with Crippen molar-refractivity contribution < 1.29 is 19.2 Å². The summed E-state index contributed by atoms with van der Waals surface area (Å²) in [4.78, 5) is 43.6. The second kappa shape index (κ2) is 9.37. The van der Waals surface area contributed by atoms with Gasteiger partial charge in [-0.2, -0.15) is 0 Å². The normalized spacial score (nSPS) is 11.2. The van der Waals surface area contributed by atoms with E-state index in [9.17, 15) is 14.4 Å². The van der Waals surface area contributed by atoms with Gasteiger partial charge < -0.3 is 4.84 Å². The van der Waals surface area contributed by atoms with Crippen LogP contribution in [0.15, 0.2) is 96.2 Å². The zero-order valence-corrected chi connectivity index (χ0v) is 15.8. The van der Waals surface area contributed by atoms with Gasteiger partial charge >= 0.3 is 5.97 Å². The maximum absolute atomic E-state index is 12.9. The number of nitrogens with zero attached hydrogens (tertiary/aromatic N) is 1. The number of benzene rings is 3. The van der Waals surface area contributed by atoms with Gasteiger partial charge in [0.15, 0.2) is 17.5 Å². The molecule has 3 rings (SSSR count). The molecule has 0 atom stereocenters. The Morgan fingerprint density at radius 2 is 1.03 bits per heavy atom.